The molecule has 40 heavy (non-hydrogen) atoms. The van der Waals surface area contributed by atoms with Crippen LogP contribution in [0.3, 0.4) is 0 Å². The number of aliphatic carboxylic acids is 1. The van der Waals surface area contributed by atoms with Gasteiger partial charge in [-0.3, -0.25) is 0 Å². The van der Waals surface area contributed by atoms with Gasteiger partial charge in [-0.2, -0.15) is 0 Å². The SMILES string of the molecule is CCC(c1ccc(-c2ccc(OC(C(=O)O)c3ccc(F)cc3)cc2)cc1)c1ncc(-c2ccc(Cl)cc2Cl)[nH]1. The number of hydrogen-bond donors (Lipinski definition) is 2. The van der Waals surface area contributed by atoms with E-state index in [0.29, 0.717) is 21.4 Å². The molecule has 0 spiro atoms. The van der Waals surface area contributed by atoms with Gasteiger partial charge in [0.15, 0.2) is 0 Å². The molecule has 2 N–H and O–H groups in total. The molecular weight excluding hydrogens is 550 g/mol. The standard InChI is InChI=1S/C32H25Cl2FN2O3/c1-2-26(31-36-18-29(37-31)27-16-11-23(33)17-28(27)34)21-5-3-19(4-6-21)20-9-14-25(15-10-20)40-30(32(38)39)22-7-12-24(35)13-8-22/h3-18,26,30H,2H2,1H3,(H,36,37)(H,38,39). The monoisotopic (exact) mass is 574 g/mol. The van der Waals surface area contributed by atoms with Crippen LogP contribution < -0.4 is 4.74 Å². The molecule has 5 aromatic rings. The largest absolute Gasteiger partial charge is 0.478 e. The lowest BCUT2D eigenvalue weighted by Crippen LogP contribution is -2.18. The van der Waals surface area contributed by atoms with Crippen LogP contribution in [0, 0.1) is 5.82 Å². The fraction of sp³-hybridized carbons (Fsp3) is 0.125. The highest BCUT2D eigenvalue weighted by atomic mass is 35.5. The van der Waals surface area contributed by atoms with Crippen molar-refractivity contribution in [1.82, 2.24) is 9.97 Å². The molecule has 4 aromatic carbocycles. The number of carboxylic acids is 1. The zero-order valence-corrected chi connectivity index (χ0v) is 23.0. The molecule has 5 rings (SSSR count). The average molecular weight is 575 g/mol. The Kier molecular flexibility index (Phi) is 8.19. The van der Waals surface area contributed by atoms with Crippen molar-refractivity contribution in [2.75, 3.05) is 0 Å². The molecule has 0 fully saturated rings. The van der Waals surface area contributed by atoms with Gasteiger partial charge in [-0.1, -0.05) is 78.7 Å². The third-order valence-electron chi connectivity index (χ3n) is 6.71. The number of imidazole rings is 1. The predicted octanol–water partition coefficient (Wildman–Crippen LogP) is 8.94. The zero-order chi connectivity index (χ0) is 28.2. The summed E-state index contributed by atoms with van der Waals surface area (Å²) in [6.45, 7) is 2.12. The molecule has 0 aliphatic heterocycles. The van der Waals surface area contributed by atoms with E-state index in [1.165, 1.54) is 24.3 Å². The first-order valence-electron chi connectivity index (χ1n) is 12.7. The number of aromatic nitrogens is 2. The number of nitrogens with zero attached hydrogens (tertiary/aromatic N) is 1. The number of nitrogens with one attached hydrogen (secondary N) is 1. The second-order valence-electron chi connectivity index (χ2n) is 9.30. The van der Waals surface area contributed by atoms with Crippen LogP contribution in [0.4, 0.5) is 4.39 Å². The minimum Gasteiger partial charge on any atom is -0.478 e. The number of carbonyl (C=O) groups is 1. The third-order valence-corrected chi connectivity index (χ3v) is 7.25. The first-order chi connectivity index (χ1) is 19.3. The van der Waals surface area contributed by atoms with Crippen molar-refractivity contribution in [3.05, 3.63) is 130 Å². The number of halogens is 3. The summed E-state index contributed by atoms with van der Waals surface area (Å²) in [6, 6.07) is 26.1. The fourth-order valence-electron chi connectivity index (χ4n) is 4.61. The van der Waals surface area contributed by atoms with Crippen molar-refractivity contribution < 1.29 is 19.0 Å². The van der Waals surface area contributed by atoms with Crippen LogP contribution in [-0.2, 0) is 4.79 Å². The average Bonchev–Trinajstić information content (AvgIpc) is 3.43. The molecule has 0 radical (unpaired) electrons. The molecule has 0 aliphatic rings. The normalized spacial score (nSPS) is 12.6. The van der Waals surface area contributed by atoms with E-state index >= 15 is 0 Å². The van der Waals surface area contributed by atoms with Gasteiger partial charge in [-0.25, -0.2) is 14.2 Å². The van der Waals surface area contributed by atoms with Gasteiger partial charge in [-0.15, -0.1) is 0 Å². The molecule has 0 amide bonds. The van der Waals surface area contributed by atoms with Gasteiger partial charge in [0.2, 0.25) is 6.10 Å². The molecule has 1 aromatic heterocycles. The Balaban J connectivity index is 1.31. The summed E-state index contributed by atoms with van der Waals surface area (Å²) in [4.78, 5) is 19.8. The molecule has 0 saturated carbocycles. The van der Waals surface area contributed by atoms with Crippen LogP contribution in [-0.4, -0.2) is 21.0 Å². The number of H-pyrrole nitrogens is 1. The molecule has 202 valence electrons. The highest BCUT2D eigenvalue weighted by molar-refractivity contribution is 6.36. The molecule has 8 heteroatoms. The summed E-state index contributed by atoms with van der Waals surface area (Å²) in [6.07, 6.45) is 1.40. The highest BCUT2D eigenvalue weighted by Crippen LogP contribution is 2.33. The first-order valence-corrected chi connectivity index (χ1v) is 13.4. The molecule has 0 bridgehead atoms. The number of aromatic amines is 1. The van der Waals surface area contributed by atoms with Gasteiger partial charge < -0.3 is 14.8 Å². The van der Waals surface area contributed by atoms with Crippen LogP contribution in [0.5, 0.6) is 5.75 Å². The van der Waals surface area contributed by atoms with Gasteiger partial charge in [0, 0.05) is 22.1 Å². The summed E-state index contributed by atoms with van der Waals surface area (Å²) in [5.74, 6) is -0.268. The molecule has 0 saturated heterocycles. The molecule has 2 unspecified atom stereocenters. The maximum absolute atomic E-state index is 13.2. The van der Waals surface area contributed by atoms with E-state index in [1.54, 1.807) is 30.5 Å². The second-order valence-corrected chi connectivity index (χ2v) is 10.1. The van der Waals surface area contributed by atoms with Crippen molar-refractivity contribution in [3.63, 3.8) is 0 Å². The number of hydrogen-bond acceptors (Lipinski definition) is 3. The number of carboxylic acid groups (broad SMARTS) is 1. The molecule has 2 atom stereocenters. The zero-order valence-electron chi connectivity index (χ0n) is 21.4. The van der Waals surface area contributed by atoms with Crippen molar-refractivity contribution in [3.8, 4) is 28.1 Å². The van der Waals surface area contributed by atoms with E-state index in [2.05, 4.69) is 29.0 Å². The van der Waals surface area contributed by atoms with Crippen LogP contribution in [0.2, 0.25) is 10.0 Å². The Hall–Kier alpha value is -4.13. The minimum atomic E-state index is -1.24. The lowest BCUT2D eigenvalue weighted by molar-refractivity contribution is -0.145. The topological polar surface area (TPSA) is 75.2 Å². The van der Waals surface area contributed by atoms with E-state index in [9.17, 15) is 14.3 Å². The van der Waals surface area contributed by atoms with E-state index < -0.39 is 17.9 Å². The van der Waals surface area contributed by atoms with Crippen molar-refractivity contribution in [1.29, 1.82) is 0 Å². The van der Waals surface area contributed by atoms with E-state index in [0.717, 1.165) is 40.2 Å². The fourth-order valence-corrected chi connectivity index (χ4v) is 5.12. The lowest BCUT2D eigenvalue weighted by Gasteiger charge is -2.16. The Labute approximate surface area is 241 Å². The van der Waals surface area contributed by atoms with E-state index in [1.807, 2.05) is 30.3 Å². The Morgan fingerprint density at radius 3 is 2.15 bits per heavy atom. The summed E-state index contributed by atoms with van der Waals surface area (Å²) < 4.78 is 19.0. The number of rotatable bonds is 9. The Morgan fingerprint density at radius 2 is 1.55 bits per heavy atom. The van der Waals surface area contributed by atoms with Crippen LogP contribution in [0.1, 0.15) is 42.3 Å². The smallest absolute Gasteiger partial charge is 0.349 e. The molecule has 5 nitrogen and oxygen atoms in total. The first kappa shape index (κ1) is 27.4. The summed E-state index contributed by atoms with van der Waals surface area (Å²) >= 11 is 12.4. The van der Waals surface area contributed by atoms with Crippen molar-refractivity contribution >= 4 is 29.2 Å². The van der Waals surface area contributed by atoms with Crippen LogP contribution >= 0.6 is 23.2 Å². The maximum Gasteiger partial charge on any atom is 0.349 e. The van der Waals surface area contributed by atoms with Crippen LogP contribution in [0.25, 0.3) is 22.4 Å². The highest BCUT2D eigenvalue weighted by Gasteiger charge is 2.22. The maximum atomic E-state index is 13.2. The summed E-state index contributed by atoms with van der Waals surface area (Å²) in [5, 5.41) is 10.7. The Bertz CT molecular complexity index is 1620. The Morgan fingerprint density at radius 1 is 0.925 bits per heavy atom. The van der Waals surface area contributed by atoms with Gasteiger partial charge in [0.25, 0.3) is 0 Å². The quantitative estimate of drug-likeness (QED) is 0.184. The molecule has 1 heterocycles. The predicted molar refractivity (Wildman–Crippen MR) is 155 cm³/mol. The minimum absolute atomic E-state index is 0.0732. The summed E-state index contributed by atoms with van der Waals surface area (Å²) in [5.41, 5.74) is 5.12. The van der Waals surface area contributed by atoms with Crippen molar-refractivity contribution in [2.45, 2.75) is 25.4 Å². The second kappa shape index (κ2) is 11.9. The van der Waals surface area contributed by atoms with Gasteiger partial charge in [-0.05, 0) is 65.6 Å². The van der Waals surface area contributed by atoms with Gasteiger partial charge >= 0.3 is 5.97 Å². The van der Waals surface area contributed by atoms with Gasteiger partial charge in [0.1, 0.15) is 17.4 Å². The van der Waals surface area contributed by atoms with Crippen molar-refractivity contribution in [2.24, 2.45) is 0 Å². The van der Waals surface area contributed by atoms with E-state index in [-0.39, 0.29) is 5.92 Å². The molecular formula is C32H25Cl2FN2O3. The van der Waals surface area contributed by atoms with Gasteiger partial charge in [0.05, 0.1) is 16.9 Å². The number of benzene rings is 4. The van der Waals surface area contributed by atoms with Crippen LogP contribution in [0.15, 0.2) is 97.2 Å². The summed E-state index contributed by atoms with van der Waals surface area (Å²) in [7, 11) is 0. The lowest BCUT2D eigenvalue weighted by atomic mass is 9.93. The third kappa shape index (κ3) is 6.03. The van der Waals surface area contributed by atoms with E-state index in [4.69, 9.17) is 27.9 Å². The molecule has 0 aliphatic carbocycles. The number of ether oxygens (including phenoxy) is 1.